The van der Waals surface area contributed by atoms with E-state index in [0.29, 0.717) is 11.3 Å². The molecule has 0 aliphatic heterocycles. The number of hydrogen-bond acceptors (Lipinski definition) is 2. The summed E-state index contributed by atoms with van der Waals surface area (Å²) in [7, 11) is 0. The Kier molecular flexibility index (Phi) is 4.53. The van der Waals surface area contributed by atoms with Crippen molar-refractivity contribution in [3.05, 3.63) is 62.3 Å². The van der Waals surface area contributed by atoms with E-state index in [2.05, 4.69) is 37.2 Å². The molecule has 0 saturated heterocycles. The normalized spacial score (nSPS) is 9.90. The van der Waals surface area contributed by atoms with Crippen molar-refractivity contribution in [3.8, 4) is 6.07 Å². The van der Waals surface area contributed by atoms with Gasteiger partial charge in [0, 0.05) is 10.0 Å². The van der Waals surface area contributed by atoms with Crippen LogP contribution < -0.4 is 5.32 Å². The van der Waals surface area contributed by atoms with Gasteiger partial charge in [0.15, 0.2) is 0 Å². The van der Waals surface area contributed by atoms with E-state index >= 15 is 0 Å². The highest BCUT2D eigenvalue weighted by atomic mass is 79.9. The minimum absolute atomic E-state index is 0.176. The molecule has 100 valence electrons. The quantitative estimate of drug-likeness (QED) is 0.812. The summed E-state index contributed by atoms with van der Waals surface area (Å²) in [6.07, 6.45) is 0. The third-order valence-corrected chi connectivity index (χ3v) is 3.67. The first-order chi connectivity index (χ1) is 9.51. The van der Waals surface area contributed by atoms with Crippen molar-refractivity contribution in [1.82, 2.24) is 0 Å². The lowest BCUT2D eigenvalue weighted by Crippen LogP contribution is -2.13. The first-order valence-electron chi connectivity index (χ1n) is 5.47. The van der Waals surface area contributed by atoms with E-state index in [4.69, 9.17) is 5.26 Å². The highest BCUT2D eigenvalue weighted by Gasteiger charge is 2.11. The van der Waals surface area contributed by atoms with Gasteiger partial charge in [-0.05, 0) is 52.3 Å². The number of nitriles is 1. The third-order valence-electron chi connectivity index (χ3n) is 2.53. The molecule has 3 nitrogen and oxygen atoms in total. The van der Waals surface area contributed by atoms with Crippen LogP contribution >= 0.6 is 31.9 Å². The number of amides is 1. The van der Waals surface area contributed by atoms with E-state index in [-0.39, 0.29) is 10.0 Å². The Morgan fingerprint density at radius 2 is 1.95 bits per heavy atom. The van der Waals surface area contributed by atoms with Gasteiger partial charge in [-0.3, -0.25) is 4.79 Å². The molecule has 2 aromatic carbocycles. The van der Waals surface area contributed by atoms with Gasteiger partial charge in [-0.15, -0.1) is 0 Å². The lowest BCUT2D eigenvalue weighted by atomic mass is 10.1. The predicted octanol–water partition coefficient (Wildman–Crippen LogP) is 4.47. The number of anilines is 1. The lowest BCUT2D eigenvalue weighted by molar-refractivity contribution is 0.102. The molecule has 0 aromatic heterocycles. The number of nitrogens with one attached hydrogen (secondary N) is 1. The SMILES string of the molecule is N#Cc1ccc(Br)cc1NC(=O)c1ccc(Br)c(F)c1. The average molecular weight is 398 g/mol. The fourth-order valence-corrected chi connectivity index (χ4v) is 2.16. The number of hydrogen-bond donors (Lipinski definition) is 1. The first-order valence-corrected chi connectivity index (χ1v) is 7.06. The minimum atomic E-state index is -0.521. The maximum absolute atomic E-state index is 13.4. The molecule has 6 heteroatoms. The number of benzene rings is 2. The van der Waals surface area contributed by atoms with Crippen LogP contribution in [0.4, 0.5) is 10.1 Å². The Bertz CT molecular complexity index is 726. The van der Waals surface area contributed by atoms with E-state index in [1.807, 2.05) is 6.07 Å². The summed E-state index contributed by atoms with van der Waals surface area (Å²) in [6, 6.07) is 11.0. The van der Waals surface area contributed by atoms with Crippen molar-refractivity contribution in [2.24, 2.45) is 0 Å². The zero-order valence-electron chi connectivity index (χ0n) is 9.95. The molecule has 2 rings (SSSR count). The second kappa shape index (κ2) is 6.16. The van der Waals surface area contributed by atoms with Gasteiger partial charge < -0.3 is 5.32 Å². The topological polar surface area (TPSA) is 52.9 Å². The molecule has 1 N–H and O–H groups in total. The van der Waals surface area contributed by atoms with Crippen molar-refractivity contribution in [2.45, 2.75) is 0 Å². The van der Waals surface area contributed by atoms with Crippen LogP contribution in [0.15, 0.2) is 45.3 Å². The molecule has 1 amide bonds. The number of rotatable bonds is 2. The first kappa shape index (κ1) is 14.7. The van der Waals surface area contributed by atoms with Gasteiger partial charge >= 0.3 is 0 Å². The minimum Gasteiger partial charge on any atom is -0.321 e. The summed E-state index contributed by atoms with van der Waals surface area (Å²) in [5, 5.41) is 11.6. The van der Waals surface area contributed by atoms with E-state index in [0.717, 1.165) is 10.5 Å². The van der Waals surface area contributed by atoms with Crippen LogP contribution in [0.25, 0.3) is 0 Å². The summed E-state index contributed by atoms with van der Waals surface area (Å²) >= 11 is 6.29. The Labute approximate surface area is 131 Å². The summed E-state index contributed by atoms with van der Waals surface area (Å²) in [4.78, 5) is 12.0. The van der Waals surface area contributed by atoms with Crippen LogP contribution in [-0.2, 0) is 0 Å². The van der Waals surface area contributed by atoms with Gasteiger partial charge in [0.2, 0.25) is 0 Å². The maximum atomic E-state index is 13.4. The van der Waals surface area contributed by atoms with Gasteiger partial charge in [-0.2, -0.15) is 5.26 Å². The zero-order valence-corrected chi connectivity index (χ0v) is 13.1. The second-order valence-corrected chi connectivity index (χ2v) is 5.65. The van der Waals surface area contributed by atoms with Crippen molar-refractivity contribution in [1.29, 1.82) is 5.26 Å². The van der Waals surface area contributed by atoms with Crippen LogP contribution in [-0.4, -0.2) is 5.91 Å². The molecule has 20 heavy (non-hydrogen) atoms. The maximum Gasteiger partial charge on any atom is 0.255 e. The fourth-order valence-electron chi connectivity index (χ4n) is 1.55. The Balaban J connectivity index is 2.30. The monoisotopic (exact) mass is 396 g/mol. The molecule has 0 bridgehead atoms. The van der Waals surface area contributed by atoms with Crippen molar-refractivity contribution in [3.63, 3.8) is 0 Å². The standard InChI is InChI=1S/C14H7Br2FN2O/c15-10-3-1-9(7-18)13(6-10)19-14(20)8-2-4-11(16)12(17)5-8/h1-6H,(H,19,20). The smallest absolute Gasteiger partial charge is 0.255 e. The fraction of sp³-hybridized carbons (Fsp3) is 0. The number of halogens is 3. The van der Waals surface area contributed by atoms with Crippen LogP contribution in [0, 0.1) is 17.1 Å². The molecular formula is C14H7Br2FN2O. The molecular weight excluding hydrogens is 391 g/mol. The van der Waals surface area contributed by atoms with E-state index in [9.17, 15) is 9.18 Å². The summed E-state index contributed by atoms with van der Waals surface area (Å²) in [5.41, 5.74) is 0.879. The van der Waals surface area contributed by atoms with E-state index < -0.39 is 11.7 Å². The Hall–Kier alpha value is -1.71. The van der Waals surface area contributed by atoms with Crippen LogP contribution in [0.1, 0.15) is 15.9 Å². The largest absolute Gasteiger partial charge is 0.321 e. The molecule has 0 aliphatic carbocycles. The molecule has 0 radical (unpaired) electrons. The van der Waals surface area contributed by atoms with Crippen molar-refractivity contribution in [2.75, 3.05) is 5.32 Å². The summed E-state index contributed by atoms with van der Waals surface area (Å²) < 4.78 is 14.4. The van der Waals surface area contributed by atoms with E-state index in [1.54, 1.807) is 18.2 Å². The van der Waals surface area contributed by atoms with Gasteiger partial charge in [0.25, 0.3) is 5.91 Å². The summed E-state index contributed by atoms with van der Waals surface area (Å²) in [5.74, 6) is -1.00. The highest BCUT2D eigenvalue weighted by molar-refractivity contribution is 9.10. The van der Waals surface area contributed by atoms with Crippen molar-refractivity contribution >= 4 is 43.5 Å². The van der Waals surface area contributed by atoms with Crippen LogP contribution in [0.5, 0.6) is 0 Å². The molecule has 0 aliphatic rings. The number of nitrogens with zero attached hydrogens (tertiary/aromatic N) is 1. The molecule has 0 fully saturated rings. The zero-order chi connectivity index (χ0) is 14.7. The van der Waals surface area contributed by atoms with Crippen LogP contribution in [0.3, 0.4) is 0 Å². The molecule has 0 atom stereocenters. The molecule has 0 heterocycles. The highest BCUT2D eigenvalue weighted by Crippen LogP contribution is 2.22. The van der Waals surface area contributed by atoms with Crippen molar-refractivity contribution < 1.29 is 9.18 Å². The summed E-state index contributed by atoms with van der Waals surface area (Å²) in [6.45, 7) is 0. The van der Waals surface area contributed by atoms with Gasteiger partial charge in [-0.1, -0.05) is 15.9 Å². The molecule has 2 aromatic rings. The second-order valence-electron chi connectivity index (χ2n) is 3.88. The number of carbonyl (C=O) groups is 1. The Morgan fingerprint density at radius 3 is 2.60 bits per heavy atom. The van der Waals surface area contributed by atoms with Gasteiger partial charge in [0.1, 0.15) is 11.9 Å². The average Bonchev–Trinajstić information content (AvgIpc) is 2.42. The Morgan fingerprint density at radius 1 is 1.20 bits per heavy atom. The van der Waals surface area contributed by atoms with Gasteiger partial charge in [0.05, 0.1) is 15.7 Å². The third kappa shape index (κ3) is 3.24. The number of carbonyl (C=O) groups excluding carboxylic acids is 1. The van der Waals surface area contributed by atoms with E-state index in [1.165, 1.54) is 12.1 Å². The molecule has 0 unspecified atom stereocenters. The molecule has 0 spiro atoms. The lowest BCUT2D eigenvalue weighted by Gasteiger charge is -2.08. The predicted molar refractivity (Wildman–Crippen MR) is 80.9 cm³/mol. The van der Waals surface area contributed by atoms with Crippen LogP contribution in [0.2, 0.25) is 0 Å². The van der Waals surface area contributed by atoms with Gasteiger partial charge in [-0.25, -0.2) is 4.39 Å². The molecule has 0 saturated carbocycles.